The van der Waals surface area contributed by atoms with Crippen LogP contribution in [0.5, 0.6) is 0 Å². The lowest BCUT2D eigenvalue weighted by atomic mass is 9.98. The normalized spacial score (nSPS) is 15.6. The number of aromatic nitrogens is 1. The molecular formula is C23H27N3O. The van der Waals surface area contributed by atoms with E-state index >= 15 is 0 Å². The van der Waals surface area contributed by atoms with Gasteiger partial charge in [-0.05, 0) is 43.7 Å². The number of nitrogens with two attached hydrogens (primary N) is 1. The van der Waals surface area contributed by atoms with Gasteiger partial charge in [0.25, 0.3) is 0 Å². The van der Waals surface area contributed by atoms with Gasteiger partial charge in [0, 0.05) is 42.7 Å². The van der Waals surface area contributed by atoms with Gasteiger partial charge in [-0.15, -0.1) is 0 Å². The second kappa shape index (κ2) is 7.20. The predicted octanol–water partition coefficient (Wildman–Crippen LogP) is 3.28. The third-order valence-corrected chi connectivity index (χ3v) is 5.73. The molecule has 0 saturated carbocycles. The summed E-state index contributed by atoms with van der Waals surface area (Å²) in [5.74, 6) is -0.442. The Morgan fingerprint density at radius 3 is 2.70 bits per heavy atom. The SMILES string of the molecule is Cc1ccc2c(c1)c1c(n2CC(Cc2ccccc2)C(N)=O)CCN(C)C1. The van der Waals surface area contributed by atoms with Crippen molar-refractivity contribution >= 4 is 16.8 Å². The van der Waals surface area contributed by atoms with Crippen molar-refractivity contribution in [2.75, 3.05) is 13.6 Å². The Balaban J connectivity index is 1.75. The number of benzene rings is 2. The molecule has 0 radical (unpaired) electrons. The lowest BCUT2D eigenvalue weighted by Crippen LogP contribution is -2.31. The highest BCUT2D eigenvalue weighted by atomic mass is 16.1. The van der Waals surface area contributed by atoms with Gasteiger partial charge in [-0.25, -0.2) is 0 Å². The fraction of sp³-hybridized carbons (Fsp3) is 0.348. The molecule has 1 aliphatic rings. The molecule has 4 nitrogen and oxygen atoms in total. The van der Waals surface area contributed by atoms with Gasteiger partial charge >= 0.3 is 0 Å². The molecule has 4 heteroatoms. The van der Waals surface area contributed by atoms with Crippen LogP contribution in [0.1, 0.15) is 22.4 Å². The topological polar surface area (TPSA) is 51.3 Å². The molecular weight excluding hydrogens is 334 g/mol. The molecule has 1 atom stereocenters. The average molecular weight is 361 g/mol. The van der Waals surface area contributed by atoms with E-state index in [9.17, 15) is 4.79 Å². The van der Waals surface area contributed by atoms with Gasteiger partial charge in [-0.1, -0.05) is 42.0 Å². The van der Waals surface area contributed by atoms with Crippen LogP contribution in [0, 0.1) is 12.8 Å². The zero-order valence-electron chi connectivity index (χ0n) is 16.1. The number of likely N-dealkylation sites (N-methyl/N-ethyl adjacent to an activating group) is 1. The minimum absolute atomic E-state index is 0.215. The quantitative estimate of drug-likeness (QED) is 0.758. The number of rotatable bonds is 5. The molecule has 0 bridgehead atoms. The van der Waals surface area contributed by atoms with Crippen LogP contribution in [0.4, 0.5) is 0 Å². The molecule has 2 N–H and O–H groups in total. The summed E-state index contributed by atoms with van der Waals surface area (Å²) in [4.78, 5) is 14.6. The van der Waals surface area contributed by atoms with Gasteiger partial charge in [-0.2, -0.15) is 0 Å². The molecule has 0 aliphatic carbocycles. The summed E-state index contributed by atoms with van der Waals surface area (Å²) in [7, 11) is 2.17. The van der Waals surface area contributed by atoms with Crippen LogP contribution in [0.25, 0.3) is 10.9 Å². The number of primary amides is 1. The van der Waals surface area contributed by atoms with E-state index in [1.54, 1.807) is 0 Å². The van der Waals surface area contributed by atoms with Crippen LogP contribution in [-0.2, 0) is 30.7 Å². The molecule has 3 aromatic rings. The number of nitrogens with zero attached hydrogens (tertiary/aromatic N) is 2. The molecule has 1 aliphatic heterocycles. The summed E-state index contributed by atoms with van der Waals surface area (Å²) in [5.41, 5.74) is 12.2. The summed E-state index contributed by atoms with van der Waals surface area (Å²) in [6.45, 7) is 4.78. The first-order valence-corrected chi connectivity index (χ1v) is 9.65. The fourth-order valence-electron chi connectivity index (χ4n) is 4.28. The molecule has 0 saturated heterocycles. The molecule has 1 amide bonds. The molecule has 0 spiro atoms. The maximum atomic E-state index is 12.2. The van der Waals surface area contributed by atoms with Crippen molar-refractivity contribution in [3.8, 4) is 0 Å². The lowest BCUT2D eigenvalue weighted by Gasteiger charge is -2.25. The number of amides is 1. The third kappa shape index (κ3) is 3.50. The van der Waals surface area contributed by atoms with Crippen LogP contribution in [-0.4, -0.2) is 29.0 Å². The average Bonchev–Trinajstić information content (AvgIpc) is 2.94. The van der Waals surface area contributed by atoms with Crippen molar-refractivity contribution in [2.24, 2.45) is 11.7 Å². The Labute approximate surface area is 160 Å². The van der Waals surface area contributed by atoms with Crippen LogP contribution in [0.3, 0.4) is 0 Å². The Kier molecular flexibility index (Phi) is 4.75. The van der Waals surface area contributed by atoms with Crippen molar-refractivity contribution in [3.63, 3.8) is 0 Å². The van der Waals surface area contributed by atoms with E-state index in [-0.39, 0.29) is 11.8 Å². The van der Waals surface area contributed by atoms with Crippen molar-refractivity contribution in [1.29, 1.82) is 0 Å². The van der Waals surface area contributed by atoms with Gasteiger partial charge in [0.2, 0.25) is 5.91 Å². The first kappa shape index (κ1) is 17.8. The Morgan fingerprint density at radius 1 is 1.19 bits per heavy atom. The minimum atomic E-state index is -0.227. The van der Waals surface area contributed by atoms with Crippen LogP contribution >= 0.6 is 0 Å². The van der Waals surface area contributed by atoms with Gasteiger partial charge in [0.1, 0.15) is 0 Å². The van der Waals surface area contributed by atoms with E-state index in [1.165, 1.54) is 27.7 Å². The standard InChI is InChI=1S/C23H27N3O/c1-16-8-9-21-19(12-16)20-15-25(2)11-10-22(20)26(21)14-18(23(24)27)13-17-6-4-3-5-7-17/h3-9,12,18H,10-11,13-15H2,1-2H3,(H2,24,27). The second-order valence-corrected chi connectivity index (χ2v) is 7.83. The highest BCUT2D eigenvalue weighted by Gasteiger charge is 2.25. The van der Waals surface area contributed by atoms with Gasteiger partial charge in [-0.3, -0.25) is 4.79 Å². The molecule has 0 fully saturated rings. The summed E-state index contributed by atoms with van der Waals surface area (Å²) in [6, 6.07) is 16.8. The molecule has 2 aromatic carbocycles. The second-order valence-electron chi connectivity index (χ2n) is 7.83. The third-order valence-electron chi connectivity index (χ3n) is 5.73. The van der Waals surface area contributed by atoms with Crippen molar-refractivity contribution in [1.82, 2.24) is 9.47 Å². The van der Waals surface area contributed by atoms with Crippen LogP contribution < -0.4 is 5.73 Å². The molecule has 1 aromatic heterocycles. The van der Waals surface area contributed by atoms with E-state index in [2.05, 4.69) is 53.8 Å². The van der Waals surface area contributed by atoms with Gasteiger partial charge in [0.05, 0.1) is 5.92 Å². The number of aryl methyl sites for hydroxylation is 1. The van der Waals surface area contributed by atoms with Crippen molar-refractivity contribution in [3.05, 3.63) is 70.9 Å². The van der Waals surface area contributed by atoms with E-state index in [4.69, 9.17) is 5.73 Å². The summed E-state index contributed by atoms with van der Waals surface area (Å²) >= 11 is 0. The van der Waals surface area contributed by atoms with E-state index in [0.29, 0.717) is 13.0 Å². The Bertz CT molecular complexity index is 974. The highest BCUT2D eigenvalue weighted by molar-refractivity contribution is 5.87. The van der Waals surface area contributed by atoms with E-state index < -0.39 is 0 Å². The highest BCUT2D eigenvalue weighted by Crippen LogP contribution is 2.32. The Hall–Kier alpha value is -2.59. The first-order chi connectivity index (χ1) is 13.0. The number of carbonyl (C=O) groups is 1. The summed E-state index contributed by atoms with van der Waals surface area (Å²) < 4.78 is 2.36. The fourth-order valence-corrected chi connectivity index (χ4v) is 4.28. The van der Waals surface area contributed by atoms with Crippen molar-refractivity contribution in [2.45, 2.75) is 32.9 Å². The minimum Gasteiger partial charge on any atom is -0.369 e. The molecule has 2 heterocycles. The Morgan fingerprint density at radius 2 is 1.96 bits per heavy atom. The predicted molar refractivity (Wildman–Crippen MR) is 110 cm³/mol. The molecule has 1 unspecified atom stereocenters. The number of carbonyl (C=O) groups excluding carboxylic acids is 1. The lowest BCUT2D eigenvalue weighted by molar-refractivity contribution is -0.122. The van der Waals surface area contributed by atoms with E-state index in [0.717, 1.165) is 25.1 Å². The maximum Gasteiger partial charge on any atom is 0.222 e. The van der Waals surface area contributed by atoms with Gasteiger partial charge < -0.3 is 15.2 Å². The monoisotopic (exact) mass is 361 g/mol. The summed E-state index contributed by atoms with van der Waals surface area (Å²) in [5, 5.41) is 1.32. The number of fused-ring (bicyclic) bond motifs is 3. The summed E-state index contributed by atoms with van der Waals surface area (Å²) in [6.07, 6.45) is 1.69. The van der Waals surface area contributed by atoms with E-state index in [1.807, 2.05) is 18.2 Å². The smallest absolute Gasteiger partial charge is 0.222 e. The van der Waals surface area contributed by atoms with Crippen molar-refractivity contribution < 1.29 is 4.79 Å². The zero-order valence-corrected chi connectivity index (χ0v) is 16.1. The number of hydrogen-bond donors (Lipinski definition) is 1. The molecule has 140 valence electrons. The molecule has 27 heavy (non-hydrogen) atoms. The maximum absolute atomic E-state index is 12.2. The van der Waals surface area contributed by atoms with Crippen LogP contribution in [0.2, 0.25) is 0 Å². The number of hydrogen-bond acceptors (Lipinski definition) is 2. The first-order valence-electron chi connectivity index (χ1n) is 9.65. The van der Waals surface area contributed by atoms with Gasteiger partial charge in [0.15, 0.2) is 0 Å². The molecule has 4 rings (SSSR count). The zero-order chi connectivity index (χ0) is 19.0. The largest absolute Gasteiger partial charge is 0.369 e. The van der Waals surface area contributed by atoms with Crippen LogP contribution in [0.15, 0.2) is 48.5 Å².